The van der Waals surface area contributed by atoms with Crippen LogP contribution in [0, 0.1) is 17.1 Å². The molecule has 1 aliphatic heterocycles. The number of imidazole rings is 1. The smallest absolute Gasteiger partial charge is 0.208 e. The lowest BCUT2D eigenvalue weighted by Gasteiger charge is -2.12. The third-order valence-electron chi connectivity index (χ3n) is 4.96. The van der Waals surface area contributed by atoms with Crippen molar-refractivity contribution in [2.45, 2.75) is 13.0 Å². The number of hydrogen-bond acceptors (Lipinski definition) is 7. The molecule has 1 aromatic carbocycles. The van der Waals surface area contributed by atoms with E-state index in [1.54, 1.807) is 40.8 Å². The standard InChI is InChI=1S/C19H15FN8O/c1-27-16(9-24-26-27)14-8-23-19(28-10-11(6-21)25-18(14)28)22-7-13-12-4-5-29-17(12)3-2-15(13)20/h2-3,8-10H,4-5,7H2,1H3,(H,22,23). The predicted molar refractivity (Wildman–Crippen MR) is 101 cm³/mol. The van der Waals surface area contributed by atoms with Gasteiger partial charge in [-0.3, -0.25) is 4.40 Å². The van der Waals surface area contributed by atoms with Gasteiger partial charge in [-0.05, 0) is 12.1 Å². The molecule has 0 bridgehead atoms. The predicted octanol–water partition coefficient (Wildman–Crippen LogP) is 2.08. The molecule has 0 unspecified atom stereocenters. The number of aryl methyl sites for hydroxylation is 1. The molecule has 9 nitrogen and oxygen atoms in total. The fraction of sp³-hybridized carbons (Fsp3) is 0.211. The molecule has 1 aliphatic rings. The Morgan fingerprint density at radius 1 is 1.34 bits per heavy atom. The van der Waals surface area contributed by atoms with Crippen LogP contribution in [0.15, 0.2) is 30.7 Å². The second-order valence-electron chi connectivity index (χ2n) is 6.62. The first-order chi connectivity index (χ1) is 14.2. The lowest BCUT2D eigenvalue weighted by Crippen LogP contribution is -2.10. The third kappa shape index (κ3) is 2.75. The molecule has 4 heterocycles. The Morgan fingerprint density at radius 2 is 2.24 bits per heavy atom. The lowest BCUT2D eigenvalue weighted by molar-refractivity contribution is 0.356. The van der Waals surface area contributed by atoms with Crippen LogP contribution in [-0.2, 0) is 20.0 Å². The van der Waals surface area contributed by atoms with Crippen molar-refractivity contribution in [2.75, 3.05) is 11.9 Å². The van der Waals surface area contributed by atoms with Crippen molar-refractivity contribution < 1.29 is 9.13 Å². The number of ether oxygens (including phenoxy) is 1. The van der Waals surface area contributed by atoms with Crippen LogP contribution in [0.4, 0.5) is 10.3 Å². The molecular weight excluding hydrogens is 375 g/mol. The number of fused-ring (bicyclic) bond motifs is 2. The summed E-state index contributed by atoms with van der Waals surface area (Å²) in [7, 11) is 1.76. The average Bonchev–Trinajstić information content (AvgIpc) is 3.46. The van der Waals surface area contributed by atoms with Crippen molar-refractivity contribution in [3.05, 3.63) is 53.4 Å². The fourth-order valence-corrected chi connectivity index (χ4v) is 3.55. The summed E-state index contributed by atoms with van der Waals surface area (Å²) in [6, 6.07) is 5.11. The number of halogens is 1. The van der Waals surface area contributed by atoms with Crippen molar-refractivity contribution >= 4 is 11.6 Å². The monoisotopic (exact) mass is 390 g/mol. The molecule has 0 saturated carbocycles. The molecule has 0 saturated heterocycles. The van der Waals surface area contributed by atoms with E-state index in [-0.39, 0.29) is 18.1 Å². The summed E-state index contributed by atoms with van der Waals surface area (Å²) < 4.78 is 23.2. The summed E-state index contributed by atoms with van der Waals surface area (Å²) in [4.78, 5) is 8.85. The average molecular weight is 390 g/mol. The highest BCUT2D eigenvalue weighted by molar-refractivity contribution is 5.76. The maximum Gasteiger partial charge on any atom is 0.208 e. The number of benzene rings is 1. The Bertz CT molecular complexity index is 1290. The van der Waals surface area contributed by atoms with Gasteiger partial charge in [-0.2, -0.15) is 5.26 Å². The van der Waals surface area contributed by atoms with Crippen LogP contribution >= 0.6 is 0 Å². The number of hydrogen-bond donors (Lipinski definition) is 1. The van der Waals surface area contributed by atoms with E-state index < -0.39 is 0 Å². The van der Waals surface area contributed by atoms with E-state index in [0.29, 0.717) is 41.4 Å². The van der Waals surface area contributed by atoms with Crippen LogP contribution in [0.5, 0.6) is 5.75 Å². The molecule has 0 spiro atoms. The summed E-state index contributed by atoms with van der Waals surface area (Å²) in [5.41, 5.74) is 3.60. The molecule has 29 heavy (non-hydrogen) atoms. The number of nitrogens with zero attached hydrogens (tertiary/aromatic N) is 7. The molecule has 0 amide bonds. The molecule has 0 fully saturated rings. The highest BCUT2D eigenvalue weighted by atomic mass is 19.1. The minimum Gasteiger partial charge on any atom is -0.493 e. The number of anilines is 1. The number of nitrogens with one attached hydrogen (secondary N) is 1. The molecule has 5 rings (SSSR count). The van der Waals surface area contributed by atoms with Crippen LogP contribution in [-0.4, -0.2) is 36.0 Å². The van der Waals surface area contributed by atoms with Gasteiger partial charge in [0.2, 0.25) is 5.95 Å². The fourth-order valence-electron chi connectivity index (χ4n) is 3.55. The molecule has 0 aliphatic carbocycles. The van der Waals surface area contributed by atoms with E-state index in [0.717, 1.165) is 11.3 Å². The topological polar surface area (TPSA) is 106 Å². The summed E-state index contributed by atoms with van der Waals surface area (Å²) in [6.07, 6.45) is 5.50. The van der Waals surface area contributed by atoms with Crippen molar-refractivity contribution in [2.24, 2.45) is 7.05 Å². The van der Waals surface area contributed by atoms with Crippen LogP contribution in [0.25, 0.3) is 16.9 Å². The number of rotatable bonds is 4. The second kappa shape index (κ2) is 6.56. The summed E-state index contributed by atoms with van der Waals surface area (Å²) >= 11 is 0. The summed E-state index contributed by atoms with van der Waals surface area (Å²) in [5.74, 6) is 0.873. The zero-order valence-corrected chi connectivity index (χ0v) is 15.4. The van der Waals surface area contributed by atoms with Gasteiger partial charge in [-0.1, -0.05) is 5.21 Å². The van der Waals surface area contributed by atoms with Crippen molar-refractivity contribution in [1.29, 1.82) is 5.26 Å². The lowest BCUT2D eigenvalue weighted by atomic mass is 10.0. The van der Waals surface area contributed by atoms with Gasteiger partial charge in [0.25, 0.3) is 0 Å². The van der Waals surface area contributed by atoms with Gasteiger partial charge in [0, 0.05) is 37.3 Å². The second-order valence-corrected chi connectivity index (χ2v) is 6.62. The zero-order chi connectivity index (χ0) is 20.0. The summed E-state index contributed by atoms with van der Waals surface area (Å²) in [6.45, 7) is 0.780. The first-order valence-electron chi connectivity index (χ1n) is 8.96. The SMILES string of the molecule is Cn1nncc1-c1cnc(NCc2c(F)ccc3c2CCO3)n2cc(C#N)nc12. The maximum absolute atomic E-state index is 14.4. The minimum atomic E-state index is -0.293. The largest absolute Gasteiger partial charge is 0.493 e. The van der Waals surface area contributed by atoms with Gasteiger partial charge in [0.05, 0.1) is 30.3 Å². The van der Waals surface area contributed by atoms with Crippen molar-refractivity contribution in [3.8, 4) is 23.1 Å². The molecular formula is C19H15FN8O. The molecule has 144 valence electrons. The Morgan fingerprint density at radius 3 is 3.03 bits per heavy atom. The molecule has 4 aromatic rings. The van der Waals surface area contributed by atoms with Gasteiger partial charge >= 0.3 is 0 Å². The third-order valence-corrected chi connectivity index (χ3v) is 4.96. The highest BCUT2D eigenvalue weighted by Crippen LogP contribution is 2.31. The van der Waals surface area contributed by atoms with Gasteiger partial charge in [0.15, 0.2) is 11.3 Å². The van der Waals surface area contributed by atoms with E-state index in [1.807, 2.05) is 6.07 Å². The van der Waals surface area contributed by atoms with Crippen molar-refractivity contribution in [1.82, 2.24) is 29.4 Å². The Hall–Kier alpha value is -4.00. The highest BCUT2D eigenvalue weighted by Gasteiger charge is 2.20. The van der Waals surface area contributed by atoms with E-state index in [1.165, 1.54) is 6.07 Å². The zero-order valence-electron chi connectivity index (χ0n) is 15.4. The van der Waals surface area contributed by atoms with E-state index in [9.17, 15) is 9.65 Å². The van der Waals surface area contributed by atoms with Crippen LogP contribution < -0.4 is 10.1 Å². The molecule has 0 atom stereocenters. The Balaban J connectivity index is 1.56. The minimum absolute atomic E-state index is 0.229. The van der Waals surface area contributed by atoms with E-state index >= 15 is 0 Å². The van der Waals surface area contributed by atoms with Gasteiger partial charge in [0.1, 0.15) is 17.6 Å². The first kappa shape index (κ1) is 17.1. The molecule has 1 N–H and O–H groups in total. The number of aromatic nitrogens is 6. The normalized spacial score (nSPS) is 12.6. The van der Waals surface area contributed by atoms with Crippen LogP contribution in [0.1, 0.15) is 16.8 Å². The van der Waals surface area contributed by atoms with Crippen LogP contribution in [0.2, 0.25) is 0 Å². The van der Waals surface area contributed by atoms with Gasteiger partial charge < -0.3 is 10.1 Å². The van der Waals surface area contributed by atoms with Crippen molar-refractivity contribution in [3.63, 3.8) is 0 Å². The first-order valence-corrected chi connectivity index (χ1v) is 8.96. The maximum atomic E-state index is 14.4. The Labute approximate surface area is 164 Å². The Kier molecular flexibility index (Phi) is 3.87. The van der Waals surface area contributed by atoms with Gasteiger partial charge in [-0.25, -0.2) is 19.0 Å². The van der Waals surface area contributed by atoms with E-state index in [4.69, 9.17) is 4.74 Å². The van der Waals surface area contributed by atoms with Gasteiger partial charge in [-0.15, -0.1) is 5.10 Å². The van der Waals surface area contributed by atoms with E-state index in [2.05, 4.69) is 25.6 Å². The number of nitriles is 1. The summed E-state index contributed by atoms with van der Waals surface area (Å²) in [5, 5.41) is 20.3. The molecule has 10 heteroatoms. The quantitative estimate of drug-likeness (QED) is 0.569. The van der Waals surface area contributed by atoms with Crippen LogP contribution in [0.3, 0.4) is 0 Å². The molecule has 0 radical (unpaired) electrons. The molecule has 3 aromatic heterocycles.